The van der Waals surface area contributed by atoms with Crippen molar-refractivity contribution in [2.45, 2.75) is 83.7 Å². The molecule has 9 heteroatoms. The molecule has 162 valence electrons. The van der Waals surface area contributed by atoms with Gasteiger partial charge in [0, 0.05) is 19.6 Å². The van der Waals surface area contributed by atoms with Crippen molar-refractivity contribution in [1.29, 1.82) is 0 Å². The van der Waals surface area contributed by atoms with Crippen LogP contribution in [0.3, 0.4) is 0 Å². The van der Waals surface area contributed by atoms with Crippen LogP contribution >= 0.6 is 0 Å². The van der Waals surface area contributed by atoms with E-state index in [9.17, 15) is 22.8 Å². The zero-order valence-electron chi connectivity index (χ0n) is 17.5. The van der Waals surface area contributed by atoms with E-state index in [0.29, 0.717) is 0 Å². The summed E-state index contributed by atoms with van der Waals surface area (Å²) in [5, 5.41) is 0. The maximum atomic E-state index is 13.4. The van der Waals surface area contributed by atoms with Gasteiger partial charge in [0.05, 0.1) is 11.5 Å². The second-order valence-electron chi connectivity index (χ2n) is 9.73. The lowest BCUT2D eigenvalue weighted by molar-refractivity contribution is -0.171. The smallest absolute Gasteiger partial charge is 0.410 e. The van der Waals surface area contributed by atoms with Gasteiger partial charge in [-0.3, -0.25) is 0 Å². The van der Waals surface area contributed by atoms with E-state index in [1.807, 2.05) is 0 Å². The third kappa shape index (κ3) is 5.44. The fourth-order valence-corrected chi connectivity index (χ4v) is 3.76. The number of nitrogens with zero attached hydrogens (tertiary/aromatic N) is 2. The number of amides is 2. The second kappa shape index (κ2) is 7.30. The first kappa shape index (κ1) is 22.6. The topological polar surface area (TPSA) is 59.1 Å². The highest BCUT2D eigenvalue weighted by molar-refractivity contribution is 5.71. The number of rotatable bonds is 0. The molecule has 2 rings (SSSR count). The number of halogens is 3. The molecule has 0 N–H and O–H groups in total. The predicted molar refractivity (Wildman–Crippen MR) is 96.9 cm³/mol. The lowest BCUT2D eigenvalue weighted by Gasteiger charge is -2.44. The molecule has 0 aromatic rings. The van der Waals surface area contributed by atoms with Gasteiger partial charge in [0.15, 0.2) is 0 Å². The average molecular weight is 408 g/mol. The highest BCUT2D eigenvalue weighted by Crippen LogP contribution is 2.47. The van der Waals surface area contributed by atoms with E-state index in [-0.39, 0.29) is 32.4 Å². The molecule has 0 aromatic heterocycles. The molecule has 0 bridgehead atoms. The molecule has 0 aliphatic carbocycles. The zero-order chi connectivity index (χ0) is 21.5. The molecule has 28 heavy (non-hydrogen) atoms. The predicted octanol–water partition coefficient (Wildman–Crippen LogP) is 4.58. The summed E-state index contributed by atoms with van der Waals surface area (Å²) in [6.07, 6.45) is -5.25. The van der Waals surface area contributed by atoms with E-state index in [0.717, 1.165) is 0 Å². The van der Waals surface area contributed by atoms with Crippen LogP contribution in [0.1, 0.15) is 60.8 Å². The summed E-state index contributed by atoms with van der Waals surface area (Å²) in [4.78, 5) is 27.6. The van der Waals surface area contributed by atoms with Gasteiger partial charge >= 0.3 is 18.4 Å². The highest BCUT2D eigenvalue weighted by Gasteiger charge is 2.57. The first-order valence-electron chi connectivity index (χ1n) is 9.58. The number of ether oxygens (including phenoxy) is 2. The summed E-state index contributed by atoms with van der Waals surface area (Å²) in [7, 11) is 0. The quantitative estimate of drug-likeness (QED) is 0.589. The third-order valence-corrected chi connectivity index (χ3v) is 5.02. The van der Waals surface area contributed by atoms with E-state index in [2.05, 4.69) is 0 Å². The van der Waals surface area contributed by atoms with Crippen molar-refractivity contribution in [3.05, 3.63) is 0 Å². The van der Waals surface area contributed by atoms with Crippen molar-refractivity contribution in [3.8, 4) is 0 Å². The number of hydrogen-bond donors (Lipinski definition) is 0. The largest absolute Gasteiger partial charge is 0.444 e. The highest BCUT2D eigenvalue weighted by atomic mass is 19.4. The first-order valence-corrected chi connectivity index (χ1v) is 9.58. The van der Waals surface area contributed by atoms with Crippen LogP contribution in [0.25, 0.3) is 0 Å². The fraction of sp³-hybridized carbons (Fsp3) is 0.895. The summed E-state index contributed by atoms with van der Waals surface area (Å²) in [6.45, 7) is 10.4. The van der Waals surface area contributed by atoms with Gasteiger partial charge in [-0.1, -0.05) is 0 Å². The Kier molecular flexibility index (Phi) is 5.89. The number of likely N-dealkylation sites (tertiary alicyclic amines) is 2. The van der Waals surface area contributed by atoms with Gasteiger partial charge in [-0.05, 0) is 60.8 Å². The van der Waals surface area contributed by atoms with Crippen LogP contribution in [0.4, 0.5) is 22.8 Å². The van der Waals surface area contributed by atoms with Crippen molar-refractivity contribution in [3.63, 3.8) is 0 Å². The van der Waals surface area contributed by atoms with Crippen LogP contribution in [-0.2, 0) is 9.47 Å². The van der Waals surface area contributed by atoms with Crippen LogP contribution in [0, 0.1) is 5.92 Å². The molecule has 2 saturated heterocycles. The van der Waals surface area contributed by atoms with Crippen LogP contribution in [-0.4, -0.2) is 64.5 Å². The van der Waals surface area contributed by atoms with Gasteiger partial charge in [0.1, 0.15) is 11.2 Å². The number of carbonyl (C=O) groups excluding carboxylic acids is 2. The molecule has 6 nitrogen and oxygen atoms in total. The van der Waals surface area contributed by atoms with Crippen LogP contribution in [0.2, 0.25) is 0 Å². The van der Waals surface area contributed by atoms with Gasteiger partial charge in [-0.2, -0.15) is 13.2 Å². The lowest BCUT2D eigenvalue weighted by Crippen LogP contribution is -2.56. The Labute approximate surface area is 164 Å². The van der Waals surface area contributed by atoms with Crippen molar-refractivity contribution in [2.24, 2.45) is 5.92 Å². The SMILES string of the molecule is CC(C)(C)OC(=O)N1CCC2(CC1)C[C@H](C(F)(F)F)CN2C(=O)OC(C)(C)C. The van der Waals surface area contributed by atoms with Crippen molar-refractivity contribution in [1.82, 2.24) is 9.80 Å². The minimum atomic E-state index is -4.38. The number of piperidine rings is 1. The van der Waals surface area contributed by atoms with Gasteiger partial charge < -0.3 is 19.3 Å². The Morgan fingerprint density at radius 3 is 1.79 bits per heavy atom. The maximum absolute atomic E-state index is 13.4. The van der Waals surface area contributed by atoms with E-state index in [1.54, 1.807) is 41.5 Å². The monoisotopic (exact) mass is 408 g/mol. The Morgan fingerprint density at radius 2 is 1.36 bits per heavy atom. The Bertz CT molecular complexity index is 600. The zero-order valence-corrected chi connectivity index (χ0v) is 17.5. The Balaban J connectivity index is 2.16. The molecular formula is C19H31F3N2O4. The Hall–Kier alpha value is -1.67. The summed E-state index contributed by atoms with van der Waals surface area (Å²) < 4.78 is 50.9. The lowest BCUT2D eigenvalue weighted by atomic mass is 9.83. The normalized spacial score (nSPS) is 23.1. The minimum absolute atomic E-state index is 0.169. The number of hydrogen-bond acceptors (Lipinski definition) is 4. The fourth-order valence-electron chi connectivity index (χ4n) is 3.76. The van der Waals surface area contributed by atoms with Gasteiger partial charge in [-0.25, -0.2) is 9.59 Å². The van der Waals surface area contributed by atoms with E-state index in [4.69, 9.17) is 9.47 Å². The molecule has 1 atom stereocenters. The van der Waals surface area contributed by atoms with Crippen LogP contribution in [0.15, 0.2) is 0 Å². The molecule has 2 fully saturated rings. The maximum Gasteiger partial charge on any atom is 0.410 e. The molecular weight excluding hydrogens is 377 g/mol. The van der Waals surface area contributed by atoms with Crippen molar-refractivity contribution >= 4 is 12.2 Å². The third-order valence-electron chi connectivity index (χ3n) is 5.02. The molecule has 0 unspecified atom stereocenters. The van der Waals surface area contributed by atoms with Crippen LogP contribution < -0.4 is 0 Å². The number of carbonyl (C=O) groups is 2. The van der Waals surface area contributed by atoms with Gasteiger partial charge in [-0.15, -0.1) is 0 Å². The minimum Gasteiger partial charge on any atom is -0.444 e. The molecule has 2 aliphatic rings. The van der Waals surface area contributed by atoms with E-state index < -0.39 is 47.6 Å². The van der Waals surface area contributed by atoms with Crippen molar-refractivity contribution in [2.75, 3.05) is 19.6 Å². The van der Waals surface area contributed by atoms with Gasteiger partial charge in [0.25, 0.3) is 0 Å². The molecule has 2 aliphatic heterocycles. The molecule has 0 radical (unpaired) electrons. The average Bonchev–Trinajstić information content (AvgIpc) is 2.84. The van der Waals surface area contributed by atoms with Gasteiger partial charge in [0.2, 0.25) is 0 Å². The van der Waals surface area contributed by atoms with E-state index in [1.165, 1.54) is 9.80 Å². The Morgan fingerprint density at radius 1 is 0.893 bits per heavy atom. The molecule has 0 saturated carbocycles. The standard InChI is InChI=1S/C19H31F3N2O4/c1-16(2,3)27-14(25)23-9-7-18(8-10-23)11-13(19(20,21)22)12-24(18)15(26)28-17(4,5)6/h13H,7-12H2,1-6H3/t13-/m0/s1. The first-order chi connectivity index (χ1) is 12.5. The van der Waals surface area contributed by atoms with Crippen LogP contribution in [0.5, 0.6) is 0 Å². The summed E-state index contributed by atoms with van der Waals surface area (Å²) in [5.74, 6) is -1.59. The summed E-state index contributed by atoms with van der Waals surface area (Å²) >= 11 is 0. The molecule has 2 amide bonds. The molecule has 2 heterocycles. The summed E-state index contributed by atoms with van der Waals surface area (Å²) in [6, 6.07) is 0. The summed E-state index contributed by atoms with van der Waals surface area (Å²) in [5.41, 5.74) is -2.41. The van der Waals surface area contributed by atoms with Crippen molar-refractivity contribution < 1.29 is 32.2 Å². The molecule has 0 aromatic carbocycles. The second-order valence-corrected chi connectivity index (χ2v) is 9.73. The number of alkyl halides is 3. The van der Waals surface area contributed by atoms with E-state index >= 15 is 0 Å². The molecule has 1 spiro atoms.